The third-order valence-electron chi connectivity index (χ3n) is 3.54. The number of rotatable bonds is 4. The van der Waals surface area contributed by atoms with Crippen LogP contribution in [0.15, 0.2) is 48.7 Å². The van der Waals surface area contributed by atoms with Crippen LogP contribution in [0.5, 0.6) is 5.75 Å². The van der Waals surface area contributed by atoms with Gasteiger partial charge in [-0.25, -0.2) is 0 Å². The van der Waals surface area contributed by atoms with E-state index in [4.69, 9.17) is 11.6 Å². The van der Waals surface area contributed by atoms with Crippen molar-refractivity contribution in [3.8, 4) is 5.75 Å². The highest BCUT2D eigenvalue weighted by Gasteiger charge is 2.07. The molecule has 0 saturated carbocycles. The van der Waals surface area contributed by atoms with Gasteiger partial charge < -0.3 is 15.4 Å². The summed E-state index contributed by atoms with van der Waals surface area (Å²) in [5, 5.41) is 14.0. The number of phenolic OH excluding ortho intramolecular Hbond substituents is 1. The Morgan fingerprint density at radius 2 is 1.95 bits per heavy atom. The third-order valence-corrected chi connectivity index (χ3v) is 3.79. The molecule has 1 aromatic heterocycles. The number of fused-ring (bicyclic) bond motifs is 1. The maximum absolute atomic E-state index is 12.0. The molecule has 5 heteroatoms. The molecule has 3 N–H and O–H groups in total. The number of halogens is 1. The number of nitrogens with one attached hydrogen (secondary N) is 2. The van der Waals surface area contributed by atoms with Gasteiger partial charge in [0.15, 0.2) is 0 Å². The van der Waals surface area contributed by atoms with E-state index in [0.717, 1.165) is 16.5 Å². The van der Waals surface area contributed by atoms with Crippen LogP contribution >= 0.6 is 11.6 Å². The van der Waals surface area contributed by atoms with Crippen LogP contribution in [0.1, 0.15) is 15.9 Å². The summed E-state index contributed by atoms with van der Waals surface area (Å²) in [5.41, 5.74) is 2.61. The molecule has 0 saturated heterocycles. The molecule has 0 unspecified atom stereocenters. The number of benzene rings is 2. The zero-order valence-corrected chi connectivity index (χ0v) is 12.5. The number of hydrogen-bond acceptors (Lipinski definition) is 2. The molecule has 0 radical (unpaired) electrons. The van der Waals surface area contributed by atoms with E-state index in [1.165, 1.54) is 0 Å². The van der Waals surface area contributed by atoms with Crippen molar-refractivity contribution in [2.24, 2.45) is 0 Å². The van der Waals surface area contributed by atoms with Gasteiger partial charge >= 0.3 is 0 Å². The molecule has 1 amide bonds. The van der Waals surface area contributed by atoms with Gasteiger partial charge in [0, 0.05) is 34.2 Å². The predicted octanol–water partition coefficient (Wildman–Crippen LogP) is 3.50. The van der Waals surface area contributed by atoms with Crippen molar-refractivity contribution in [1.29, 1.82) is 0 Å². The number of hydrogen-bond donors (Lipinski definition) is 3. The van der Waals surface area contributed by atoms with Crippen LogP contribution < -0.4 is 5.32 Å². The van der Waals surface area contributed by atoms with E-state index in [-0.39, 0.29) is 11.7 Å². The molecule has 1 heterocycles. The van der Waals surface area contributed by atoms with Crippen molar-refractivity contribution >= 4 is 28.4 Å². The molecule has 4 nitrogen and oxygen atoms in total. The lowest BCUT2D eigenvalue weighted by Crippen LogP contribution is -2.25. The van der Waals surface area contributed by atoms with Crippen LogP contribution in [0.3, 0.4) is 0 Å². The number of phenols is 1. The van der Waals surface area contributed by atoms with Gasteiger partial charge in [-0.15, -0.1) is 0 Å². The summed E-state index contributed by atoms with van der Waals surface area (Å²) >= 11 is 5.80. The van der Waals surface area contributed by atoms with Crippen molar-refractivity contribution in [3.05, 3.63) is 64.8 Å². The van der Waals surface area contributed by atoms with Gasteiger partial charge in [-0.3, -0.25) is 4.79 Å². The number of aromatic nitrogens is 1. The SMILES string of the molecule is O=C(NCCc1c[nH]c2ccc(O)cc12)c1ccc(Cl)cc1. The highest BCUT2D eigenvalue weighted by molar-refractivity contribution is 6.30. The average molecular weight is 315 g/mol. The van der Waals surface area contributed by atoms with Gasteiger partial charge in [0.1, 0.15) is 5.75 Å². The van der Waals surface area contributed by atoms with Crippen molar-refractivity contribution in [1.82, 2.24) is 10.3 Å². The van der Waals surface area contributed by atoms with Gasteiger partial charge in [-0.2, -0.15) is 0 Å². The molecule has 0 aliphatic rings. The third kappa shape index (κ3) is 3.07. The lowest BCUT2D eigenvalue weighted by molar-refractivity contribution is 0.0954. The molecule has 0 bridgehead atoms. The number of amides is 1. The maximum atomic E-state index is 12.0. The van der Waals surface area contributed by atoms with E-state index in [1.807, 2.05) is 12.3 Å². The monoisotopic (exact) mass is 314 g/mol. The van der Waals surface area contributed by atoms with Crippen LogP contribution in [0.4, 0.5) is 0 Å². The van der Waals surface area contributed by atoms with Crippen molar-refractivity contribution in [2.75, 3.05) is 6.54 Å². The summed E-state index contributed by atoms with van der Waals surface area (Å²) in [6, 6.07) is 12.0. The fraction of sp³-hybridized carbons (Fsp3) is 0.118. The zero-order valence-electron chi connectivity index (χ0n) is 11.8. The van der Waals surface area contributed by atoms with Gasteiger partial charge in [-0.1, -0.05) is 11.6 Å². The molecule has 22 heavy (non-hydrogen) atoms. The van der Waals surface area contributed by atoms with E-state index in [0.29, 0.717) is 23.6 Å². The first-order chi connectivity index (χ1) is 10.6. The maximum Gasteiger partial charge on any atom is 0.251 e. The molecular weight excluding hydrogens is 300 g/mol. The van der Waals surface area contributed by atoms with Crippen LogP contribution in [0.25, 0.3) is 10.9 Å². The Morgan fingerprint density at radius 1 is 1.18 bits per heavy atom. The quantitative estimate of drug-likeness (QED) is 0.690. The predicted molar refractivity (Wildman–Crippen MR) is 87.5 cm³/mol. The summed E-state index contributed by atoms with van der Waals surface area (Å²) in [6.07, 6.45) is 2.58. The number of aromatic hydroxyl groups is 1. The standard InChI is InChI=1S/C17H15ClN2O2/c18-13-3-1-11(2-4-13)17(22)19-8-7-12-10-20-16-6-5-14(21)9-15(12)16/h1-6,9-10,20-21H,7-8H2,(H,19,22). The smallest absolute Gasteiger partial charge is 0.251 e. The Morgan fingerprint density at radius 3 is 2.73 bits per heavy atom. The Bertz CT molecular complexity index is 809. The largest absolute Gasteiger partial charge is 0.508 e. The van der Waals surface area contributed by atoms with Gasteiger partial charge in [0.2, 0.25) is 0 Å². The van der Waals surface area contributed by atoms with Crippen molar-refractivity contribution < 1.29 is 9.90 Å². The second-order valence-electron chi connectivity index (χ2n) is 5.06. The average Bonchev–Trinajstić information content (AvgIpc) is 2.90. The normalized spacial score (nSPS) is 10.8. The minimum Gasteiger partial charge on any atom is -0.508 e. The number of carbonyl (C=O) groups excluding carboxylic acids is 1. The Kier molecular flexibility index (Phi) is 4.02. The summed E-state index contributed by atoms with van der Waals surface area (Å²) in [6.45, 7) is 0.518. The van der Waals surface area contributed by atoms with Gasteiger partial charge in [0.25, 0.3) is 5.91 Å². The first-order valence-electron chi connectivity index (χ1n) is 6.96. The Balaban J connectivity index is 1.63. The van der Waals surface area contributed by atoms with Crippen molar-refractivity contribution in [3.63, 3.8) is 0 Å². The Hall–Kier alpha value is -2.46. The molecule has 0 aliphatic carbocycles. The molecular formula is C17H15ClN2O2. The second kappa shape index (κ2) is 6.12. The summed E-state index contributed by atoms with van der Waals surface area (Å²) < 4.78 is 0. The minimum absolute atomic E-state index is 0.126. The first kappa shape index (κ1) is 14.5. The topological polar surface area (TPSA) is 65.1 Å². The lowest BCUT2D eigenvalue weighted by Gasteiger charge is -2.05. The Labute approximate surface area is 132 Å². The summed E-state index contributed by atoms with van der Waals surface area (Å²) in [4.78, 5) is 15.2. The van der Waals surface area contributed by atoms with Crippen LogP contribution in [0, 0.1) is 0 Å². The van der Waals surface area contributed by atoms with Crippen LogP contribution in [0.2, 0.25) is 5.02 Å². The molecule has 0 spiro atoms. The first-order valence-corrected chi connectivity index (χ1v) is 7.34. The van der Waals surface area contributed by atoms with E-state index >= 15 is 0 Å². The molecule has 0 atom stereocenters. The van der Waals surface area contributed by atoms with Crippen molar-refractivity contribution in [2.45, 2.75) is 6.42 Å². The van der Waals surface area contributed by atoms with E-state index in [1.54, 1.807) is 36.4 Å². The minimum atomic E-state index is -0.126. The second-order valence-corrected chi connectivity index (χ2v) is 5.49. The lowest BCUT2D eigenvalue weighted by atomic mass is 10.1. The summed E-state index contributed by atoms with van der Waals surface area (Å²) in [5.74, 6) is 0.109. The molecule has 112 valence electrons. The fourth-order valence-corrected chi connectivity index (χ4v) is 2.51. The van der Waals surface area contributed by atoms with Crippen LogP contribution in [-0.4, -0.2) is 22.5 Å². The van der Waals surface area contributed by atoms with E-state index in [2.05, 4.69) is 10.3 Å². The van der Waals surface area contributed by atoms with Gasteiger partial charge in [0.05, 0.1) is 0 Å². The van der Waals surface area contributed by atoms with E-state index in [9.17, 15) is 9.90 Å². The number of H-pyrrole nitrogens is 1. The highest BCUT2D eigenvalue weighted by Crippen LogP contribution is 2.23. The number of carbonyl (C=O) groups is 1. The van der Waals surface area contributed by atoms with Gasteiger partial charge in [-0.05, 0) is 54.4 Å². The fourth-order valence-electron chi connectivity index (χ4n) is 2.39. The van der Waals surface area contributed by atoms with E-state index < -0.39 is 0 Å². The van der Waals surface area contributed by atoms with Crippen LogP contribution in [-0.2, 0) is 6.42 Å². The zero-order chi connectivity index (χ0) is 15.5. The highest BCUT2D eigenvalue weighted by atomic mass is 35.5. The molecule has 0 fully saturated rings. The molecule has 2 aromatic carbocycles. The summed E-state index contributed by atoms with van der Waals surface area (Å²) in [7, 11) is 0. The molecule has 3 rings (SSSR count). The molecule has 0 aliphatic heterocycles. The molecule has 3 aromatic rings. The number of aromatic amines is 1.